The van der Waals surface area contributed by atoms with Gasteiger partial charge >= 0.3 is 6.36 Å². The Balaban J connectivity index is 1.34. The molecule has 1 amide bonds. The number of carbonyl (C=O) groups excluding carboxylic acids is 1. The molecular weight excluding hydrogens is 437 g/mol. The molecule has 174 valence electrons. The van der Waals surface area contributed by atoms with Crippen molar-refractivity contribution in [1.82, 2.24) is 14.9 Å². The average molecular weight is 459 g/mol. The van der Waals surface area contributed by atoms with E-state index in [4.69, 9.17) is 4.74 Å². The van der Waals surface area contributed by atoms with Crippen LogP contribution in [0, 0.1) is 17.6 Å². The van der Waals surface area contributed by atoms with Crippen molar-refractivity contribution >= 4 is 11.6 Å². The van der Waals surface area contributed by atoms with Crippen LogP contribution in [0.25, 0.3) is 17.0 Å². The molecule has 1 aliphatic carbocycles. The van der Waals surface area contributed by atoms with E-state index in [2.05, 4.69) is 21.6 Å². The van der Waals surface area contributed by atoms with Gasteiger partial charge in [-0.25, -0.2) is 13.8 Å². The van der Waals surface area contributed by atoms with Crippen molar-refractivity contribution in [3.05, 3.63) is 48.9 Å². The van der Waals surface area contributed by atoms with Gasteiger partial charge in [-0.15, -0.1) is 13.2 Å². The summed E-state index contributed by atoms with van der Waals surface area (Å²) in [6.45, 7) is 3.50. The monoisotopic (exact) mass is 459 g/mol. The van der Waals surface area contributed by atoms with E-state index >= 15 is 0 Å². The Morgan fingerprint density at radius 2 is 1.97 bits per heavy atom. The molecule has 6 nitrogen and oxygen atoms in total. The fourth-order valence-electron chi connectivity index (χ4n) is 3.19. The van der Waals surface area contributed by atoms with Gasteiger partial charge in [-0.3, -0.25) is 9.53 Å². The second kappa shape index (κ2) is 10.2. The lowest BCUT2D eigenvalue weighted by atomic mass is 9.81. The number of benzene rings is 1. The molecule has 1 fully saturated rings. The number of carbonyl (C=O) groups is 1. The number of alkyl halides is 3. The predicted octanol–water partition coefficient (Wildman–Crippen LogP) is 4.14. The Labute approximate surface area is 181 Å². The lowest BCUT2D eigenvalue weighted by Crippen LogP contribution is -2.43. The second-order valence-electron chi connectivity index (χ2n) is 7.36. The maximum atomic E-state index is 13.4. The van der Waals surface area contributed by atoms with Crippen LogP contribution in [0.2, 0.25) is 0 Å². The predicted molar refractivity (Wildman–Crippen MR) is 105 cm³/mol. The summed E-state index contributed by atoms with van der Waals surface area (Å²) in [5.41, 5.74) is 1.52. The number of ether oxygens (including phenoxy) is 2. The number of rotatable bonds is 10. The van der Waals surface area contributed by atoms with E-state index in [0.717, 1.165) is 12.1 Å². The van der Waals surface area contributed by atoms with Gasteiger partial charge in [-0.2, -0.15) is 0 Å². The minimum atomic E-state index is -4.67. The van der Waals surface area contributed by atoms with Crippen LogP contribution in [-0.4, -0.2) is 47.7 Å². The summed E-state index contributed by atoms with van der Waals surface area (Å²) in [5.74, 6) is -2.30. The molecule has 11 heteroatoms. The van der Waals surface area contributed by atoms with Crippen molar-refractivity contribution in [2.24, 2.45) is 5.92 Å². The standard InChI is InChI=1S/C21H22F5N3O3/c1-13(29-11-19(28-12-29)14-2-3-17(22)18(23)10-14)4-5-27-20(30)15-8-16(9-15)31-6-7-32-21(24,25)26/h2-3,10-12,15-16H,1,4-9H2,(H,27,30)/t15-,16+. The molecule has 0 unspecified atom stereocenters. The number of hydrogen-bond acceptors (Lipinski definition) is 4. The lowest BCUT2D eigenvalue weighted by Gasteiger charge is -2.34. The third-order valence-corrected chi connectivity index (χ3v) is 5.04. The highest BCUT2D eigenvalue weighted by atomic mass is 19.4. The number of imidazole rings is 1. The van der Waals surface area contributed by atoms with Crippen LogP contribution in [0.5, 0.6) is 0 Å². The molecule has 0 atom stereocenters. The summed E-state index contributed by atoms with van der Waals surface area (Å²) in [4.78, 5) is 16.3. The van der Waals surface area contributed by atoms with Crippen molar-refractivity contribution in [3.8, 4) is 11.3 Å². The Morgan fingerprint density at radius 3 is 2.66 bits per heavy atom. The Bertz CT molecular complexity index is 954. The van der Waals surface area contributed by atoms with Gasteiger partial charge in [0.2, 0.25) is 5.91 Å². The van der Waals surface area contributed by atoms with E-state index in [-0.39, 0.29) is 24.5 Å². The Hall–Kier alpha value is -2.79. The average Bonchev–Trinajstić information content (AvgIpc) is 3.17. The van der Waals surface area contributed by atoms with E-state index in [9.17, 15) is 26.7 Å². The summed E-state index contributed by atoms with van der Waals surface area (Å²) < 4.78 is 72.6. The maximum absolute atomic E-state index is 13.4. The van der Waals surface area contributed by atoms with Crippen molar-refractivity contribution in [2.45, 2.75) is 31.7 Å². The molecule has 0 aliphatic heterocycles. The molecule has 32 heavy (non-hydrogen) atoms. The molecule has 1 aliphatic rings. The molecule has 2 aromatic rings. The minimum absolute atomic E-state index is 0.155. The van der Waals surface area contributed by atoms with Gasteiger partial charge in [0, 0.05) is 36.3 Å². The molecule has 1 N–H and O–H groups in total. The van der Waals surface area contributed by atoms with Gasteiger partial charge in [0.25, 0.3) is 0 Å². The third-order valence-electron chi connectivity index (χ3n) is 5.04. The number of hydrogen-bond donors (Lipinski definition) is 1. The number of aromatic nitrogens is 2. The van der Waals surface area contributed by atoms with Crippen molar-refractivity contribution in [1.29, 1.82) is 0 Å². The van der Waals surface area contributed by atoms with Crippen LogP contribution < -0.4 is 5.32 Å². The van der Waals surface area contributed by atoms with Crippen LogP contribution in [0.1, 0.15) is 19.3 Å². The molecule has 1 heterocycles. The lowest BCUT2D eigenvalue weighted by molar-refractivity contribution is -0.328. The minimum Gasteiger partial charge on any atom is -0.376 e. The van der Waals surface area contributed by atoms with E-state index in [1.54, 1.807) is 10.8 Å². The highest BCUT2D eigenvalue weighted by Crippen LogP contribution is 2.30. The summed E-state index contributed by atoms with van der Waals surface area (Å²) in [7, 11) is 0. The highest BCUT2D eigenvalue weighted by Gasteiger charge is 2.35. The smallest absolute Gasteiger partial charge is 0.376 e. The SMILES string of the molecule is C=C(CCNC(=O)[C@H]1C[C@@H](OCCOC(F)(F)F)C1)n1cnc(-c2ccc(F)c(F)c2)c1. The van der Waals surface area contributed by atoms with Crippen molar-refractivity contribution < 1.29 is 36.2 Å². The molecule has 0 radical (unpaired) electrons. The quantitative estimate of drug-likeness (QED) is 0.429. The van der Waals surface area contributed by atoms with Crippen LogP contribution in [0.4, 0.5) is 22.0 Å². The topological polar surface area (TPSA) is 65.4 Å². The third kappa shape index (κ3) is 6.60. The molecule has 1 aromatic carbocycles. The van der Waals surface area contributed by atoms with E-state index < -0.39 is 24.6 Å². The largest absolute Gasteiger partial charge is 0.522 e. The first kappa shape index (κ1) is 23.9. The first-order valence-electron chi connectivity index (χ1n) is 9.90. The number of halogens is 5. The molecule has 1 aromatic heterocycles. The van der Waals surface area contributed by atoms with Crippen molar-refractivity contribution in [3.63, 3.8) is 0 Å². The number of nitrogens with zero attached hydrogens (tertiary/aromatic N) is 2. The van der Waals surface area contributed by atoms with Gasteiger partial charge in [-0.1, -0.05) is 6.58 Å². The number of amides is 1. The Morgan fingerprint density at radius 1 is 1.22 bits per heavy atom. The van der Waals surface area contributed by atoms with Crippen LogP contribution in [0.15, 0.2) is 37.3 Å². The summed E-state index contributed by atoms with van der Waals surface area (Å²) in [6, 6.07) is 3.51. The van der Waals surface area contributed by atoms with Crippen LogP contribution in [0.3, 0.4) is 0 Å². The first-order chi connectivity index (χ1) is 15.1. The molecule has 1 saturated carbocycles. The van der Waals surface area contributed by atoms with Gasteiger partial charge in [0.05, 0.1) is 31.3 Å². The molecular formula is C21H22F5N3O3. The fourth-order valence-corrected chi connectivity index (χ4v) is 3.19. The molecule has 3 rings (SSSR count). The summed E-state index contributed by atoms with van der Waals surface area (Å²) in [5, 5.41) is 2.79. The van der Waals surface area contributed by atoms with Gasteiger partial charge in [-0.05, 0) is 31.0 Å². The maximum Gasteiger partial charge on any atom is 0.522 e. The molecule has 0 spiro atoms. The number of nitrogens with one attached hydrogen (secondary N) is 1. The highest BCUT2D eigenvalue weighted by molar-refractivity contribution is 5.79. The zero-order valence-corrected chi connectivity index (χ0v) is 17.0. The first-order valence-corrected chi connectivity index (χ1v) is 9.90. The van der Waals surface area contributed by atoms with Crippen LogP contribution in [-0.2, 0) is 14.3 Å². The van der Waals surface area contributed by atoms with Gasteiger partial charge in [0.15, 0.2) is 11.6 Å². The van der Waals surface area contributed by atoms with Gasteiger partial charge in [0.1, 0.15) is 0 Å². The summed E-state index contributed by atoms with van der Waals surface area (Å²) in [6.07, 6.45) is -0.480. The van der Waals surface area contributed by atoms with Gasteiger partial charge < -0.3 is 14.6 Å². The fraction of sp³-hybridized carbons (Fsp3) is 0.429. The van der Waals surface area contributed by atoms with E-state index in [1.165, 1.54) is 12.4 Å². The Kier molecular flexibility index (Phi) is 7.62. The molecule has 0 bridgehead atoms. The van der Waals surface area contributed by atoms with E-state index in [0.29, 0.717) is 42.8 Å². The van der Waals surface area contributed by atoms with Crippen molar-refractivity contribution in [2.75, 3.05) is 19.8 Å². The molecule has 0 saturated heterocycles. The normalized spacial score (nSPS) is 18.3. The zero-order chi connectivity index (χ0) is 23.3. The van der Waals surface area contributed by atoms with Crippen LogP contribution >= 0.6 is 0 Å². The second-order valence-corrected chi connectivity index (χ2v) is 7.36. The van der Waals surface area contributed by atoms with E-state index in [1.807, 2.05) is 0 Å². The zero-order valence-electron chi connectivity index (χ0n) is 17.0. The summed E-state index contributed by atoms with van der Waals surface area (Å²) >= 11 is 0.